The molecule has 1 aromatic rings. The molecule has 4 nitrogen and oxygen atoms in total. The van der Waals surface area contributed by atoms with Crippen LogP contribution in [-0.4, -0.2) is 37.1 Å². The fourth-order valence-corrected chi connectivity index (χ4v) is 1.43. The number of methoxy groups -OCH3 is 1. The second-order valence-corrected chi connectivity index (χ2v) is 4.66. The zero-order valence-corrected chi connectivity index (χ0v) is 10.7. The molecule has 0 aromatic heterocycles. The van der Waals surface area contributed by atoms with Crippen LogP contribution in [0, 0.1) is 12.3 Å². The molecule has 0 aliphatic carbocycles. The van der Waals surface area contributed by atoms with Crippen LogP contribution in [0.1, 0.15) is 12.5 Å². The van der Waals surface area contributed by atoms with E-state index in [4.69, 9.17) is 4.74 Å². The standard InChI is InChI=1S/C13H21NO3/c1-10-6-11(17-3)4-5-12(10)14-7-13(2,8-15)9-16/h4-6,14-16H,7-9H2,1-3H3. The lowest BCUT2D eigenvalue weighted by Gasteiger charge is -2.26. The van der Waals surface area contributed by atoms with Crippen molar-refractivity contribution in [3.63, 3.8) is 0 Å². The van der Waals surface area contributed by atoms with Gasteiger partial charge in [-0.3, -0.25) is 0 Å². The molecule has 4 heteroatoms. The number of aliphatic hydroxyl groups excluding tert-OH is 2. The van der Waals surface area contributed by atoms with Crippen molar-refractivity contribution in [1.29, 1.82) is 0 Å². The third-order valence-electron chi connectivity index (χ3n) is 2.90. The van der Waals surface area contributed by atoms with Crippen molar-refractivity contribution in [3.8, 4) is 5.75 Å². The van der Waals surface area contributed by atoms with Crippen molar-refractivity contribution in [2.24, 2.45) is 5.41 Å². The molecule has 0 saturated carbocycles. The molecule has 0 spiro atoms. The predicted octanol–water partition coefficient (Wildman–Crippen LogP) is 1.41. The number of nitrogens with one attached hydrogen (secondary N) is 1. The van der Waals surface area contributed by atoms with Crippen LogP contribution in [-0.2, 0) is 0 Å². The molecule has 0 saturated heterocycles. The van der Waals surface area contributed by atoms with Crippen molar-refractivity contribution < 1.29 is 14.9 Å². The van der Waals surface area contributed by atoms with Gasteiger partial charge in [0.15, 0.2) is 0 Å². The van der Waals surface area contributed by atoms with Crippen molar-refractivity contribution in [2.45, 2.75) is 13.8 Å². The van der Waals surface area contributed by atoms with Crippen LogP contribution in [0.25, 0.3) is 0 Å². The number of aryl methyl sites for hydroxylation is 1. The lowest BCUT2D eigenvalue weighted by atomic mass is 9.93. The van der Waals surface area contributed by atoms with Gasteiger partial charge in [0.2, 0.25) is 0 Å². The minimum absolute atomic E-state index is 0.0499. The van der Waals surface area contributed by atoms with Gasteiger partial charge < -0.3 is 20.3 Å². The molecule has 0 bridgehead atoms. The van der Waals surface area contributed by atoms with Gasteiger partial charge in [0.25, 0.3) is 0 Å². The van der Waals surface area contributed by atoms with E-state index in [1.54, 1.807) is 7.11 Å². The molecule has 0 aliphatic rings. The molecular formula is C13H21NO3. The molecule has 0 aliphatic heterocycles. The number of hydrogen-bond donors (Lipinski definition) is 3. The Bertz CT molecular complexity index is 362. The van der Waals surface area contributed by atoms with Gasteiger partial charge in [-0.25, -0.2) is 0 Å². The molecule has 0 atom stereocenters. The maximum absolute atomic E-state index is 9.19. The quantitative estimate of drug-likeness (QED) is 0.702. The highest BCUT2D eigenvalue weighted by atomic mass is 16.5. The Hall–Kier alpha value is -1.26. The van der Waals surface area contributed by atoms with E-state index in [9.17, 15) is 10.2 Å². The number of rotatable bonds is 6. The third kappa shape index (κ3) is 3.61. The fourth-order valence-electron chi connectivity index (χ4n) is 1.43. The van der Waals surface area contributed by atoms with Gasteiger partial charge in [-0.2, -0.15) is 0 Å². The van der Waals surface area contributed by atoms with Crippen LogP contribution in [0.3, 0.4) is 0 Å². The van der Waals surface area contributed by atoms with E-state index in [1.807, 2.05) is 32.0 Å². The van der Waals surface area contributed by atoms with Gasteiger partial charge in [-0.15, -0.1) is 0 Å². The first kappa shape index (κ1) is 13.8. The Balaban J connectivity index is 2.69. The number of benzene rings is 1. The minimum atomic E-state index is -0.508. The Morgan fingerprint density at radius 2 is 1.94 bits per heavy atom. The number of hydrogen-bond acceptors (Lipinski definition) is 4. The first-order valence-corrected chi connectivity index (χ1v) is 5.65. The Morgan fingerprint density at radius 3 is 2.41 bits per heavy atom. The van der Waals surface area contributed by atoms with E-state index >= 15 is 0 Å². The molecule has 96 valence electrons. The maximum Gasteiger partial charge on any atom is 0.119 e. The Morgan fingerprint density at radius 1 is 1.29 bits per heavy atom. The lowest BCUT2D eigenvalue weighted by molar-refractivity contribution is 0.0806. The van der Waals surface area contributed by atoms with E-state index in [-0.39, 0.29) is 13.2 Å². The second-order valence-electron chi connectivity index (χ2n) is 4.66. The van der Waals surface area contributed by atoms with Crippen LogP contribution in [0.4, 0.5) is 5.69 Å². The predicted molar refractivity (Wildman–Crippen MR) is 68.5 cm³/mol. The Labute approximate surface area is 102 Å². The van der Waals surface area contributed by atoms with E-state index in [0.717, 1.165) is 17.0 Å². The van der Waals surface area contributed by atoms with E-state index in [1.165, 1.54) is 0 Å². The number of aliphatic hydroxyl groups is 2. The molecule has 17 heavy (non-hydrogen) atoms. The molecule has 0 heterocycles. The van der Waals surface area contributed by atoms with Crippen LogP contribution in [0.5, 0.6) is 5.75 Å². The summed E-state index contributed by atoms with van der Waals surface area (Å²) < 4.78 is 5.13. The van der Waals surface area contributed by atoms with Gasteiger partial charge in [-0.05, 0) is 30.7 Å². The van der Waals surface area contributed by atoms with Gasteiger partial charge in [0, 0.05) is 17.6 Å². The van der Waals surface area contributed by atoms with Crippen LogP contribution < -0.4 is 10.1 Å². The summed E-state index contributed by atoms with van der Waals surface area (Å²) in [6, 6.07) is 5.76. The lowest BCUT2D eigenvalue weighted by Crippen LogP contribution is -2.34. The second kappa shape index (κ2) is 5.89. The zero-order valence-electron chi connectivity index (χ0n) is 10.7. The van der Waals surface area contributed by atoms with Gasteiger partial charge >= 0.3 is 0 Å². The Kier molecular flexibility index (Phi) is 4.78. The van der Waals surface area contributed by atoms with Crippen molar-refractivity contribution in [3.05, 3.63) is 23.8 Å². The minimum Gasteiger partial charge on any atom is -0.497 e. The molecule has 1 rings (SSSR count). The smallest absolute Gasteiger partial charge is 0.119 e. The first-order chi connectivity index (χ1) is 8.04. The molecule has 0 amide bonds. The summed E-state index contributed by atoms with van der Waals surface area (Å²) in [5.41, 5.74) is 1.55. The summed E-state index contributed by atoms with van der Waals surface area (Å²) in [6.45, 7) is 4.24. The summed E-state index contributed by atoms with van der Waals surface area (Å²) in [7, 11) is 1.64. The monoisotopic (exact) mass is 239 g/mol. The van der Waals surface area contributed by atoms with E-state index in [0.29, 0.717) is 6.54 Å². The molecule has 1 aromatic carbocycles. The highest BCUT2D eigenvalue weighted by Gasteiger charge is 2.22. The largest absolute Gasteiger partial charge is 0.497 e. The van der Waals surface area contributed by atoms with Gasteiger partial charge in [0.05, 0.1) is 20.3 Å². The SMILES string of the molecule is COc1ccc(NCC(C)(CO)CO)c(C)c1. The van der Waals surface area contributed by atoms with Crippen LogP contribution in [0.2, 0.25) is 0 Å². The highest BCUT2D eigenvalue weighted by molar-refractivity contribution is 5.53. The van der Waals surface area contributed by atoms with Gasteiger partial charge in [-0.1, -0.05) is 6.92 Å². The molecule has 0 fully saturated rings. The summed E-state index contributed by atoms with van der Waals surface area (Å²) in [5.74, 6) is 0.820. The van der Waals surface area contributed by atoms with Crippen LogP contribution in [0.15, 0.2) is 18.2 Å². The average Bonchev–Trinajstić information content (AvgIpc) is 2.36. The normalized spacial score (nSPS) is 11.4. The molecular weight excluding hydrogens is 218 g/mol. The van der Waals surface area contributed by atoms with E-state index in [2.05, 4.69) is 5.32 Å². The maximum atomic E-state index is 9.19. The average molecular weight is 239 g/mol. The summed E-state index contributed by atoms with van der Waals surface area (Å²) in [5, 5.41) is 21.6. The number of ether oxygens (including phenoxy) is 1. The zero-order chi connectivity index (χ0) is 12.9. The van der Waals surface area contributed by atoms with Crippen molar-refractivity contribution >= 4 is 5.69 Å². The summed E-state index contributed by atoms with van der Waals surface area (Å²) in [4.78, 5) is 0. The molecule has 3 N–H and O–H groups in total. The number of anilines is 1. The van der Waals surface area contributed by atoms with Crippen LogP contribution >= 0.6 is 0 Å². The van der Waals surface area contributed by atoms with E-state index < -0.39 is 5.41 Å². The third-order valence-corrected chi connectivity index (χ3v) is 2.90. The highest BCUT2D eigenvalue weighted by Crippen LogP contribution is 2.23. The fraction of sp³-hybridized carbons (Fsp3) is 0.538. The summed E-state index contributed by atoms with van der Waals surface area (Å²) >= 11 is 0. The molecule has 0 radical (unpaired) electrons. The molecule has 0 unspecified atom stereocenters. The summed E-state index contributed by atoms with van der Waals surface area (Å²) in [6.07, 6.45) is 0. The van der Waals surface area contributed by atoms with Crippen molar-refractivity contribution in [1.82, 2.24) is 0 Å². The topological polar surface area (TPSA) is 61.7 Å². The van der Waals surface area contributed by atoms with Gasteiger partial charge in [0.1, 0.15) is 5.75 Å². The van der Waals surface area contributed by atoms with Crippen molar-refractivity contribution in [2.75, 3.05) is 32.2 Å². The first-order valence-electron chi connectivity index (χ1n) is 5.65.